The number of amides is 2. The summed E-state index contributed by atoms with van der Waals surface area (Å²) in [5.41, 5.74) is 0.888. The van der Waals surface area contributed by atoms with Gasteiger partial charge in [-0.3, -0.25) is 13.9 Å². The van der Waals surface area contributed by atoms with Gasteiger partial charge in [0.25, 0.3) is 0 Å². The SMILES string of the molecule is CC[C@H](C)NC(=O)[C@@H](C)N(Cc1ccccc1Cl)C(=O)CN(c1ccc2c(c1)OCO2)S(C)(=O)=O. The summed E-state index contributed by atoms with van der Waals surface area (Å²) in [5, 5.41) is 3.32. The van der Waals surface area contributed by atoms with Crippen molar-refractivity contribution in [1.82, 2.24) is 10.2 Å². The topological polar surface area (TPSA) is 105 Å². The second kappa shape index (κ2) is 11.2. The fourth-order valence-corrected chi connectivity index (χ4v) is 4.55. The molecule has 0 bridgehead atoms. The van der Waals surface area contributed by atoms with Crippen LogP contribution < -0.4 is 19.1 Å². The Morgan fingerprint density at radius 3 is 2.46 bits per heavy atom. The van der Waals surface area contributed by atoms with E-state index in [1.54, 1.807) is 43.3 Å². The molecule has 1 heterocycles. The smallest absolute Gasteiger partial charge is 0.244 e. The molecule has 2 atom stereocenters. The highest BCUT2D eigenvalue weighted by atomic mass is 35.5. The van der Waals surface area contributed by atoms with E-state index in [0.29, 0.717) is 22.1 Å². The molecule has 9 nitrogen and oxygen atoms in total. The third-order valence-electron chi connectivity index (χ3n) is 5.79. The molecule has 0 fully saturated rings. The molecule has 0 aliphatic carbocycles. The van der Waals surface area contributed by atoms with Gasteiger partial charge in [-0.15, -0.1) is 0 Å². The lowest BCUT2D eigenvalue weighted by Gasteiger charge is -2.32. The van der Waals surface area contributed by atoms with E-state index in [9.17, 15) is 18.0 Å². The molecule has 35 heavy (non-hydrogen) atoms. The Morgan fingerprint density at radius 2 is 1.80 bits per heavy atom. The van der Waals surface area contributed by atoms with Crippen LogP contribution in [-0.2, 0) is 26.2 Å². The zero-order valence-corrected chi connectivity index (χ0v) is 21.7. The monoisotopic (exact) mass is 523 g/mol. The first-order valence-corrected chi connectivity index (χ1v) is 13.4. The van der Waals surface area contributed by atoms with Crippen molar-refractivity contribution in [2.45, 2.75) is 45.8 Å². The molecule has 190 valence electrons. The molecule has 1 N–H and O–H groups in total. The van der Waals surface area contributed by atoms with E-state index < -0.39 is 28.5 Å². The Hall–Kier alpha value is -2.98. The van der Waals surface area contributed by atoms with Gasteiger partial charge in [0, 0.05) is 23.7 Å². The van der Waals surface area contributed by atoms with Crippen molar-refractivity contribution in [2.24, 2.45) is 0 Å². The Balaban J connectivity index is 1.92. The predicted molar refractivity (Wildman–Crippen MR) is 134 cm³/mol. The van der Waals surface area contributed by atoms with Crippen molar-refractivity contribution in [2.75, 3.05) is 23.9 Å². The largest absolute Gasteiger partial charge is 0.454 e. The van der Waals surface area contributed by atoms with Gasteiger partial charge in [0.05, 0.1) is 11.9 Å². The van der Waals surface area contributed by atoms with Crippen LogP contribution >= 0.6 is 11.6 Å². The molecular weight excluding hydrogens is 494 g/mol. The van der Waals surface area contributed by atoms with Crippen LogP contribution in [0.25, 0.3) is 0 Å². The average molecular weight is 524 g/mol. The first-order chi connectivity index (χ1) is 16.5. The lowest BCUT2D eigenvalue weighted by molar-refractivity contribution is -0.139. The molecule has 0 saturated carbocycles. The number of nitrogens with zero attached hydrogens (tertiary/aromatic N) is 2. The molecular formula is C24H30ClN3O6S. The number of hydrogen-bond donors (Lipinski definition) is 1. The molecule has 0 unspecified atom stereocenters. The van der Waals surface area contributed by atoms with E-state index in [0.717, 1.165) is 17.0 Å². The average Bonchev–Trinajstić information content (AvgIpc) is 3.28. The van der Waals surface area contributed by atoms with Gasteiger partial charge in [0.15, 0.2) is 11.5 Å². The summed E-state index contributed by atoms with van der Waals surface area (Å²) in [6.07, 6.45) is 1.74. The van der Waals surface area contributed by atoms with Crippen LogP contribution in [0.4, 0.5) is 5.69 Å². The highest BCUT2D eigenvalue weighted by Crippen LogP contribution is 2.36. The standard InChI is InChI=1S/C24H30ClN3O6S/c1-5-16(2)26-24(30)17(3)27(13-18-8-6-7-9-20(18)25)23(29)14-28(35(4,31)32)19-10-11-21-22(12-19)34-15-33-21/h6-12,16-17H,5,13-15H2,1-4H3,(H,26,30)/t16-,17+/m0/s1. The molecule has 0 spiro atoms. The fourth-order valence-electron chi connectivity index (χ4n) is 3.51. The molecule has 0 saturated heterocycles. The van der Waals surface area contributed by atoms with Crippen LogP contribution in [0.1, 0.15) is 32.8 Å². The van der Waals surface area contributed by atoms with E-state index in [1.807, 2.05) is 13.8 Å². The minimum Gasteiger partial charge on any atom is -0.454 e. The third kappa shape index (κ3) is 6.58. The van der Waals surface area contributed by atoms with Gasteiger partial charge < -0.3 is 19.7 Å². The Morgan fingerprint density at radius 1 is 1.11 bits per heavy atom. The van der Waals surface area contributed by atoms with E-state index in [1.165, 1.54) is 11.0 Å². The molecule has 0 aromatic heterocycles. The Labute approximate surface area is 211 Å². The highest BCUT2D eigenvalue weighted by molar-refractivity contribution is 7.92. The predicted octanol–water partition coefficient (Wildman–Crippen LogP) is 3.17. The van der Waals surface area contributed by atoms with Crippen LogP contribution in [0.5, 0.6) is 11.5 Å². The number of halogens is 1. The lowest BCUT2D eigenvalue weighted by atomic mass is 10.1. The normalized spacial score (nSPS) is 14.2. The van der Waals surface area contributed by atoms with E-state index in [-0.39, 0.29) is 31.0 Å². The van der Waals surface area contributed by atoms with Crippen LogP contribution in [-0.4, -0.2) is 56.8 Å². The number of fused-ring (bicyclic) bond motifs is 1. The van der Waals surface area contributed by atoms with E-state index >= 15 is 0 Å². The van der Waals surface area contributed by atoms with Crippen LogP contribution in [0, 0.1) is 0 Å². The zero-order valence-electron chi connectivity index (χ0n) is 20.2. The van der Waals surface area contributed by atoms with Crippen LogP contribution in [0.2, 0.25) is 5.02 Å². The summed E-state index contributed by atoms with van der Waals surface area (Å²) in [6, 6.07) is 10.7. The van der Waals surface area contributed by atoms with Gasteiger partial charge in [0.2, 0.25) is 28.6 Å². The zero-order chi connectivity index (χ0) is 25.8. The van der Waals surface area contributed by atoms with Crippen molar-refractivity contribution in [3.05, 3.63) is 53.1 Å². The second-order valence-corrected chi connectivity index (χ2v) is 10.7. The number of anilines is 1. The van der Waals surface area contributed by atoms with E-state index in [2.05, 4.69) is 5.32 Å². The maximum absolute atomic E-state index is 13.6. The molecule has 2 aromatic rings. The quantitative estimate of drug-likeness (QED) is 0.513. The van der Waals surface area contributed by atoms with Gasteiger partial charge in [-0.05, 0) is 44.0 Å². The Kier molecular flexibility index (Phi) is 8.50. The van der Waals surface area contributed by atoms with Gasteiger partial charge in [-0.25, -0.2) is 8.42 Å². The molecule has 11 heteroatoms. The first-order valence-electron chi connectivity index (χ1n) is 11.2. The number of carbonyl (C=O) groups excluding carboxylic acids is 2. The van der Waals surface area contributed by atoms with Crippen LogP contribution in [0.3, 0.4) is 0 Å². The molecule has 3 rings (SSSR count). The van der Waals surface area contributed by atoms with Gasteiger partial charge in [-0.1, -0.05) is 36.7 Å². The highest BCUT2D eigenvalue weighted by Gasteiger charge is 2.31. The molecule has 1 aliphatic rings. The van der Waals surface area contributed by atoms with Crippen LogP contribution in [0.15, 0.2) is 42.5 Å². The second-order valence-electron chi connectivity index (χ2n) is 8.41. The summed E-state index contributed by atoms with van der Waals surface area (Å²) in [5.74, 6) is -0.0180. The van der Waals surface area contributed by atoms with Crippen molar-refractivity contribution in [1.29, 1.82) is 0 Å². The summed E-state index contributed by atoms with van der Waals surface area (Å²) >= 11 is 6.32. The third-order valence-corrected chi connectivity index (χ3v) is 7.30. The number of carbonyl (C=O) groups is 2. The number of nitrogens with one attached hydrogen (secondary N) is 1. The molecule has 2 amide bonds. The molecule has 0 radical (unpaired) electrons. The minimum absolute atomic E-state index is 0.0328. The van der Waals surface area contributed by atoms with E-state index in [4.69, 9.17) is 21.1 Å². The van der Waals surface area contributed by atoms with Crippen molar-refractivity contribution in [3.8, 4) is 11.5 Å². The Bertz CT molecular complexity index is 1190. The number of ether oxygens (including phenoxy) is 2. The van der Waals surface area contributed by atoms with Gasteiger partial charge in [0.1, 0.15) is 12.6 Å². The maximum Gasteiger partial charge on any atom is 0.244 e. The lowest BCUT2D eigenvalue weighted by Crippen LogP contribution is -2.52. The summed E-state index contributed by atoms with van der Waals surface area (Å²) in [7, 11) is -3.85. The maximum atomic E-state index is 13.6. The van der Waals surface area contributed by atoms with Crippen molar-refractivity contribution in [3.63, 3.8) is 0 Å². The minimum atomic E-state index is -3.85. The van der Waals surface area contributed by atoms with Gasteiger partial charge >= 0.3 is 0 Å². The fraction of sp³-hybridized carbons (Fsp3) is 0.417. The van der Waals surface area contributed by atoms with Gasteiger partial charge in [-0.2, -0.15) is 0 Å². The summed E-state index contributed by atoms with van der Waals surface area (Å²) in [4.78, 5) is 27.8. The molecule has 2 aromatic carbocycles. The van der Waals surface area contributed by atoms with Crippen molar-refractivity contribution >= 4 is 39.1 Å². The number of benzene rings is 2. The number of hydrogen-bond acceptors (Lipinski definition) is 6. The summed E-state index contributed by atoms with van der Waals surface area (Å²) in [6.45, 7) is 4.98. The number of sulfonamides is 1. The number of rotatable bonds is 10. The molecule has 1 aliphatic heterocycles. The summed E-state index contributed by atoms with van der Waals surface area (Å²) < 4.78 is 37.0. The first kappa shape index (κ1) is 26.6. The van der Waals surface area contributed by atoms with Crippen molar-refractivity contribution < 1.29 is 27.5 Å².